The molecule has 4 N–H and O–H groups in total. The van der Waals surface area contributed by atoms with Gasteiger partial charge < -0.3 is 30.7 Å². The largest absolute Gasteiger partial charge is 0.464 e. The molecule has 1 aliphatic rings. The summed E-state index contributed by atoms with van der Waals surface area (Å²) in [5.41, 5.74) is 1.89. The number of amides is 2. The van der Waals surface area contributed by atoms with Gasteiger partial charge in [-0.15, -0.1) is 0 Å². The Labute approximate surface area is 272 Å². The number of hydrogen-bond acceptors (Lipinski definition) is 10. The maximum atomic E-state index is 13.0. The van der Waals surface area contributed by atoms with Crippen LogP contribution in [0, 0.1) is 0 Å². The van der Waals surface area contributed by atoms with Gasteiger partial charge >= 0.3 is 11.9 Å². The lowest BCUT2D eigenvalue weighted by Gasteiger charge is -2.27. The molecule has 12 heteroatoms. The van der Waals surface area contributed by atoms with E-state index in [9.17, 15) is 19.2 Å². The van der Waals surface area contributed by atoms with Crippen LogP contribution in [0.25, 0.3) is 0 Å². The van der Waals surface area contributed by atoms with E-state index in [0.29, 0.717) is 65.2 Å². The van der Waals surface area contributed by atoms with Crippen LogP contribution in [0.2, 0.25) is 0 Å². The summed E-state index contributed by atoms with van der Waals surface area (Å²) < 4.78 is 10.4. The summed E-state index contributed by atoms with van der Waals surface area (Å²) in [5, 5.41) is 12.6. The first-order valence-electron chi connectivity index (χ1n) is 16.2. The van der Waals surface area contributed by atoms with Crippen molar-refractivity contribution in [2.24, 2.45) is 0 Å². The molecule has 12 nitrogen and oxygen atoms in total. The van der Waals surface area contributed by atoms with Crippen molar-refractivity contribution in [1.29, 1.82) is 0 Å². The van der Waals surface area contributed by atoms with E-state index in [1.165, 1.54) is 0 Å². The fourth-order valence-corrected chi connectivity index (χ4v) is 5.20. The Bertz CT molecular complexity index is 1100. The van der Waals surface area contributed by atoms with Gasteiger partial charge in [0, 0.05) is 65.2 Å². The Hall–Kier alpha value is -3.84. The number of benzene rings is 2. The molecule has 1 aliphatic heterocycles. The van der Waals surface area contributed by atoms with Gasteiger partial charge in [-0.1, -0.05) is 60.7 Å². The molecule has 2 aromatic rings. The molecule has 2 atom stereocenters. The summed E-state index contributed by atoms with van der Waals surface area (Å²) >= 11 is 0. The predicted octanol–water partition coefficient (Wildman–Crippen LogP) is 0.364. The smallest absolute Gasteiger partial charge is 0.328 e. The fraction of sp³-hybridized carbons (Fsp3) is 0.529. The molecule has 0 saturated carbocycles. The zero-order valence-electron chi connectivity index (χ0n) is 27.2. The topological polar surface area (TPSA) is 141 Å². The summed E-state index contributed by atoms with van der Waals surface area (Å²) in [6, 6.07) is 17.6. The maximum absolute atomic E-state index is 13.0. The van der Waals surface area contributed by atoms with Gasteiger partial charge in [-0.05, 0) is 25.0 Å². The van der Waals surface area contributed by atoms with Gasteiger partial charge in [-0.2, -0.15) is 0 Å². The monoisotopic (exact) mass is 638 g/mol. The number of esters is 2. The summed E-state index contributed by atoms with van der Waals surface area (Å²) in [6.07, 6.45) is 0.721. The molecular weight excluding hydrogens is 588 g/mol. The minimum absolute atomic E-state index is 0.158. The molecule has 1 fully saturated rings. The van der Waals surface area contributed by atoms with Crippen LogP contribution >= 0.6 is 0 Å². The van der Waals surface area contributed by atoms with Gasteiger partial charge in [-0.25, -0.2) is 9.59 Å². The van der Waals surface area contributed by atoms with Crippen molar-refractivity contribution in [3.63, 3.8) is 0 Å². The molecule has 1 saturated heterocycles. The van der Waals surface area contributed by atoms with Crippen LogP contribution < -0.4 is 21.3 Å². The molecule has 0 radical (unpaired) electrons. The molecule has 2 unspecified atom stereocenters. The second kappa shape index (κ2) is 21.0. The highest BCUT2D eigenvalue weighted by molar-refractivity contribution is 5.86. The third kappa shape index (κ3) is 14.1. The summed E-state index contributed by atoms with van der Waals surface area (Å²) in [7, 11) is 0. The van der Waals surface area contributed by atoms with Crippen molar-refractivity contribution in [3.05, 3.63) is 71.8 Å². The number of ether oxygens (including phenoxy) is 2. The Morgan fingerprint density at radius 2 is 0.978 bits per heavy atom. The average molecular weight is 639 g/mol. The second-order valence-electron chi connectivity index (χ2n) is 11.2. The van der Waals surface area contributed by atoms with Crippen molar-refractivity contribution in [3.8, 4) is 0 Å². The van der Waals surface area contributed by atoms with E-state index in [4.69, 9.17) is 9.47 Å². The quantitative estimate of drug-likeness (QED) is 0.215. The highest BCUT2D eigenvalue weighted by Gasteiger charge is 2.25. The van der Waals surface area contributed by atoms with Gasteiger partial charge in [-0.3, -0.25) is 19.4 Å². The van der Waals surface area contributed by atoms with Crippen LogP contribution in [0.3, 0.4) is 0 Å². The van der Waals surface area contributed by atoms with Crippen LogP contribution in [0.5, 0.6) is 0 Å². The third-order valence-electron chi connectivity index (χ3n) is 7.53. The molecule has 252 valence electrons. The zero-order chi connectivity index (χ0) is 33.0. The lowest BCUT2D eigenvalue weighted by Crippen LogP contribution is -2.51. The average Bonchev–Trinajstić information content (AvgIpc) is 3.04. The number of nitrogens with zero attached hydrogens (tertiary/aromatic N) is 2. The normalized spacial score (nSPS) is 16.6. The van der Waals surface area contributed by atoms with Crippen molar-refractivity contribution in [2.75, 3.05) is 78.7 Å². The summed E-state index contributed by atoms with van der Waals surface area (Å²) in [4.78, 5) is 55.3. The van der Waals surface area contributed by atoms with Crippen LogP contribution in [0.15, 0.2) is 60.7 Å². The van der Waals surface area contributed by atoms with Gasteiger partial charge in [0.1, 0.15) is 12.1 Å². The maximum Gasteiger partial charge on any atom is 0.328 e. The second-order valence-corrected chi connectivity index (χ2v) is 11.2. The number of nitrogens with one attached hydrogen (secondary N) is 4. The van der Waals surface area contributed by atoms with Gasteiger partial charge in [0.2, 0.25) is 11.8 Å². The van der Waals surface area contributed by atoms with E-state index in [1.807, 2.05) is 60.7 Å². The SMILES string of the molecule is CCOC(=O)C(Cc1ccccc1)NC(=O)CN1CCNCCN(CC(=O)NC(Cc2ccccc2)C(=O)OCC)CCNCC1. The highest BCUT2D eigenvalue weighted by atomic mass is 16.5. The Morgan fingerprint density at radius 3 is 1.30 bits per heavy atom. The van der Waals surface area contributed by atoms with Crippen LogP contribution in [0.4, 0.5) is 0 Å². The van der Waals surface area contributed by atoms with Gasteiger partial charge in [0.15, 0.2) is 0 Å². The standard InChI is InChI=1S/C34H50N6O6/c1-3-45-33(43)29(23-27-11-7-5-8-12-27)37-31(41)25-39-19-15-35-17-21-40(22-18-36-16-20-39)26-32(42)38-30(34(44)46-4-2)24-28-13-9-6-10-14-28/h5-14,29-30,35-36H,3-4,15-26H2,1-2H3,(H,37,41)(H,38,42). The van der Waals surface area contributed by atoms with Crippen LogP contribution in [0.1, 0.15) is 25.0 Å². The Morgan fingerprint density at radius 1 is 0.630 bits per heavy atom. The van der Waals surface area contributed by atoms with Crippen molar-refractivity contribution < 1.29 is 28.7 Å². The highest BCUT2D eigenvalue weighted by Crippen LogP contribution is 2.07. The molecule has 0 aromatic heterocycles. The molecule has 0 bridgehead atoms. The van der Waals surface area contributed by atoms with Crippen LogP contribution in [-0.4, -0.2) is 124 Å². The minimum atomic E-state index is -0.757. The molecule has 2 amide bonds. The predicted molar refractivity (Wildman–Crippen MR) is 176 cm³/mol. The van der Waals surface area contributed by atoms with E-state index < -0.39 is 24.0 Å². The number of carbonyl (C=O) groups excluding carboxylic acids is 4. The first-order valence-corrected chi connectivity index (χ1v) is 16.2. The number of carbonyl (C=O) groups is 4. The number of hydrogen-bond donors (Lipinski definition) is 4. The minimum Gasteiger partial charge on any atom is -0.464 e. The lowest BCUT2D eigenvalue weighted by molar-refractivity contribution is -0.147. The molecule has 3 rings (SSSR count). The molecule has 0 aliphatic carbocycles. The molecule has 2 aromatic carbocycles. The third-order valence-corrected chi connectivity index (χ3v) is 7.53. The first-order chi connectivity index (χ1) is 22.4. The number of rotatable bonds is 14. The van der Waals surface area contributed by atoms with Crippen molar-refractivity contribution in [2.45, 2.75) is 38.8 Å². The van der Waals surface area contributed by atoms with Gasteiger partial charge in [0.25, 0.3) is 0 Å². The summed E-state index contributed by atoms with van der Waals surface area (Å²) in [6.45, 7) is 9.47. The molecule has 0 spiro atoms. The van der Waals surface area contributed by atoms with E-state index >= 15 is 0 Å². The fourth-order valence-electron chi connectivity index (χ4n) is 5.20. The van der Waals surface area contributed by atoms with E-state index in [-0.39, 0.29) is 38.1 Å². The van der Waals surface area contributed by atoms with E-state index in [1.54, 1.807) is 13.8 Å². The van der Waals surface area contributed by atoms with Gasteiger partial charge in [0.05, 0.1) is 26.3 Å². The Balaban J connectivity index is 1.47. The van der Waals surface area contributed by atoms with Crippen molar-refractivity contribution in [1.82, 2.24) is 31.1 Å². The summed E-state index contributed by atoms with van der Waals surface area (Å²) in [5.74, 6) is -1.34. The van der Waals surface area contributed by atoms with Crippen molar-refractivity contribution >= 4 is 23.8 Å². The van der Waals surface area contributed by atoms with E-state index in [2.05, 4.69) is 31.1 Å². The molecule has 46 heavy (non-hydrogen) atoms. The Kier molecular flexibility index (Phi) is 16.8. The molecular formula is C34H50N6O6. The molecule has 1 heterocycles. The first kappa shape index (κ1) is 36.6. The lowest BCUT2D eigenvalue weighted by atomic mass is 10.1. The van der Waals surface area contributed by atoms with Crippen LogP contribution in [-0.2, 0) is 41.5 Å². The van der Waals surface area contributed by atoms with E-state index in [0.717, 1.165) is 11.1 Å². The zero-order valence-corrected chi connectivity index (χ0v) is 27.2.